The van der Waals surface area contributed by atoms with E-state index in [9.17, 15) is 4.79 Å². The van der Waals surface area contributed by atoms with Gasteiger partial charge in [0.05, 0.1) is 35.6 Å². The van der Waals surface area contributed by atoms with Crippen LogP contribution in [0, 0.1) is 0 Å². The van der Waals surface area contributed by atoms with E-state index in [1.54, 1.807) is 36.4 Å². The Labute approximate surface area is 197 Å². The van der Waals surface area contributed by atoms with E-state index in [1.165, 1.54) is 17.2 Å². The Hall–Kier alpha value is -3.38. The van der Waals surface area contributed by atoms with E-state index in [4.69, 9.17) is 37.8 Å². The third-order valence-corrected chi connectivity index (χ3v) is 4.86. The maximum Gasteiger partial charge on any atom is 0.269 e. The lowest BCUT2D eigenvalue weighted by Crippen LogP contribution is -2.37. The summed E-state index contributed by atoms with van der Waals surface area (Å²) in [6.07, 6.45) is 1.52. The first-order valence-electron chi connectivity index (χ1n) is 9.66. The molecular weight excluding hydrogens is 473 g/mol. The summed E-state index contributed by atoms with van der Waals surface area (Å²) >= 11 is 12.1. The number of hydrogen-bond acceptors (Lipinski definition) is 9. The van der Waals surface area contributed by atoms with Gasteiger partial charge in [0.15, 0.2) is 11.2 Å². The Morgan fingerprint density at radius 2 is 2.00 bits per heavy atom. The van der Waals surface area contributed by atoms with Crippen LogP contribution < -0.4 is 10.1 Å². The molecule has 13 heteroatoms. The lowest BCUT2D eigenvalue weighted by atomic mass is 10.3. The number of fused-ring (bicyclic) bond motifs is 1. The van der Waals surface area contributed by atoms with Crippen LogP contribution in [0.5, 0.6) is 5.88 Å². The first kappa shape index (κ1) is 22.8. The van der Waals surface area contributed by atoms with Crippen molar-refractivity contribution in [3.8, 4) is 11.6 Å². The quantitative estimate of drug-likeness (QED) is 0.339. The van der Waals surface area contributed by atoms with Gasteiger partial charge in [-0.3, -0.25) is 4.79 Å². The molecule has 170 valence electrons. The van der Waals surface area contributed by atoms with E-state index in [-0.39, 0.29) is 37.0 Å². The molecule has 4 rings (SSSR count). The number of aliphatic hydroxyl groups excluding tert-OH is 1. The third kappa shape index (κ3) is 5.34. The highest BCUT2D eigenvalue weighted by atomic mass is 35.5. The summed E-state index contributed by atoms with van der Waals surface area (Å²) < 4.78 is 12.6. The van der Waals surface area contributed by atoms with Crippen LogP contribution in [-0.2, 0) is 9.53 Å². The number of carbonyl (C=O) groups excluding carboxylic acids is 1. The van der Waals surface area contributed by atoms with Crippen LogP contribution in [-0.4, -0.2) is 66.9 Å². The molecule has 0 aliphatic heterocycles. The van der Waals surface area contributed by atoms with Gasteiger partial charge in [0.1, 0.15) is 12.1 Å². The standard InChI is InChI=1S/C20H17Cl2N7O4/c21-12-5-6-16(23-9-12)26-19(31)15(10-32-8-7-30)33-20-17-18(24-11-25-20)29(28-27-17)14-4-2-1-3-13(14)22/h1-6,9,11,15,30H,7-8,10H2,(H,23,26,31). The third-order valence-electron chi connectivity index (χ3n) is 4.31. The van der Waals surface area contributed by atoms with Crippen molar-refractivity contribution in [2.24, 2.45) is 0 Å². The number of hydrogen-bond donors (Lipinski definition) is 2. The summed E-state index contributed by atoms with van der Waals surface area (Å²) in [4.78, 5) is 25.2. The Kier molecular flexibility index (Phi) is 7.25. The first-order chi connectivity index (χ1) is 16.1. The zero-order valence-electron chi connectivity index (χ0n) is 16.9. The normalized spacial score (nSPS) is 12.0. The molecule has 1 atom stereocenters. The second-order valence-corrected chi connectivity index (χ2v) is 7.40. The van der Waals surface area contributed by atoms with Crippen molar-refractivity contribution >= 4 is 46.1 Å². The summed E-state index contributed by atoms with van der Waals surface area (Å²) in [6, 6.07) is 10.2. The fourth-order valence-electron chi connectivity index (χ4n) is 2.81. The fraction of sp³-hybridized carbons (Fsp3) is 0.200. The number of aliphatic hydroxyl groups is 1. The van der Waals surface area contributed by atoms with E-state index in [1.807, 2.05) is 0 Å². The molecule has 3 aromatic heterocycles. The number of halogens is 2. The molecule has 2 N–H and O–H groups in total. The zero-order valence-corrected chi connectivity index (χ0v) is 18.4. The predicted octanol–water partition coefficient (Wildman–Crippen LogP) is 2.31. The monoisotopic (exact) mass is 489 g/mol. The SMILES string of the molecule is O=C(Nc1ccc(Cl)cn1)C(COCCO)Oc1ncnc2c1nnn2-c1ccccc1Cl. The van der Waals surface area contributed by atoms with Crippen molar-refractivity contribution in [1.29, 1.82) is 0 Å². The Morgan fingerprint density at radius 3 is 2.76 bits per heavy atom. The molecule has 0 saturated heterocycles. The Balaban J connectivity index is 1.61. The number of benzene rings is 1. The van der Waals surface area contributed by atoms with Crippen LogP contribution in [0.1, 0.15) is 0 Å². The van der Waals surface area contributed by atoms with E-state index < -0.39 is 12.0 Å². The number of rotatable bonds is 9. The molecule has 1 amide bonds. The van der Waals surface area contributed by atoms with Gasteiger partial charge in [-0.1, -0.05) is 40.5 Å². The summed E-state index contributed by atoms with van der Waals surface area (Å²) in [5.41, 5.74) is 1.13. The van der Waals surface area contributed by atoms with Crippen molar-refractivity contribution in [3.05, 3.63) is 59.0 Å². The summed E-state index contributed by atoms with van der Waals surface area (Å²) in [6.45, 7) is -0.352. The predicted molar refractivity (Wildman–Crippen MR) is 120 cm³/mol. The topological polar surface area (TPSA) is 137 Å². The van der Waals surface area contributed by atoms with E-state index in [2.05, 4.69) is 30.6 Å². The molecule has 0 spiro atoms. The average Bonchev–Trinajstić information content (AvgIpc) is 3.25. The molecule has 3 heterocycles. The molecule has 1 unspecified atom stereocenters. The van der Waals surface area contributed by atoms with Crippen molar-refractivity contribution in [2.45, 2.75) is 6.10 Å². The van der Waals surface area contributed by atoms with Gasteiger partial charge >= 0.3 is 0 Å². The minimum atomic E-state index is -1.14. The Morgan fingerprint density at radius 1 is 1.15 bits per heavy atom. The van der Waals surface area contributed by atoms with Crippen LogP contribution in [0.2, 0.25) is 10.0 Å². The van der Waals surface area contributed by atoms with Crippen molar-refractivity contribution in [1.82, 2.24) is 29.9 Å². The van der Waals surface area contributed by atoms with E-state index >= 15 is 0 Å². The minimum absolute atomic E-state index is 0.0220. The van der Waals surface area contributed by atoms with Gasteiger partial charge in [-0.25, -0.2) is 9.97 Å². The largest absolute Gasteiger partial charge is 0.460 e. The molecule has 0 bridgehead atoms. The summed E-state index contributed by atoms with van der Waals surface area (Å²) in [5.74, 6) is -0.249. The Bertz CT molecular complexity index is 1250. The van der Waals surface area contributed by atoms with Gasteiger partial charge in [-0.2, -0.15) is 9.67 Å². The highest BCUT2D eigenvalue weighted by molar-refractivity contribution is 6.32. The minimum Gasteiger partial charge on any atom is -0.460 e. The number of nitrogens with zero attached hydrogens (tertiary/aromatic N) is 6. The van der Waals surface area contributed by atoms with Crippen molar-refractivity contribution in [2.75, 3.05) is 25.1 Å². The van der Waals surface area contributed by atoms with Crippen LogP contribution in [0.15, 0.2) is 48.9 Å². The van der Waals surface area contributed by atoms with Gasteiger partial charge < -0.3 is 19.9 Å². The first-order valence-corrected chi connectivity index (χ1v) is 10.4. The van der Waals surface area contributed by atoms with E-state index in [0.29, 0.717) is 21.4 Å². The molecule has 0 aliphatic rings. The number of para-hydroxylation sites is 1. The number of aromatic nitrogens is 6. The van der Waals surface area contributed by atoms with E-state index in [0.717, 1.165) is 0 Å². The number of carbonyl (C=O) groups is 1. The number of anilines is 1. The zero-order chi connectivity index (χ0) is 23.2. The molecule has 0 saturated carbocycles. The number of amides is 1. The van der Waals surface area contributed by atoms with Gasteiger partial charge in [-0.15, -0.1) is 5.10 Å². The number of pyridine rings is 1. The van der Waals surface area contributed by atoms with Gasteiger partial charge in [0.2, 0.25) is 12.0 Å². The average molecular weight is 490 g/mol. The molecule has 0 aliphatic carbocycles. The molecule has 33 heavy (non-hydrogen) atoms. The van der Waals surface area contributed by atoms with Crippen LogP contribution in [0.4, 0.5) is 5.82 Å². The molecule has 4 aromatic rings. The summed E-state index contributed by atoms with van der Waals surface area (Å²) in [7, 11) is 0. The molecule has 0 fully saturated rings. The molecule has 11 nitrogen and oxygen atoms in total. The molecule has 1 aromatic carbocycles. The lowest BCUT2D eigenvalue weighted by molar-refractivity contribution is -0.125. The van der Waals surface area contributed by atoms with Crippen LogP contribution >= 0.6 is 23.2 Å². The van der Waals surface area contributed by atoms with Crippen LogP contribution in [0.25, 0.3) is 16.9 Å². The number of nitrogens with one attached hydrogen (secondary N) is 1. The highest BCUT2D eigenvalue weighted by Gasteiger charge is 2.25. The molecule has 0 radical (unpaired) electrons. The maximum absolute atomic E-state index is 12.8. The van der Waals surface area contributed by atoms with Gasteiger partial charge in [0.25, 0.3) is 5.91 Å². The smallest absolute Gasteiger partial charge is 0.269 e. The maximum atomic E-state index is 12.8. The lowest BCUT2D eigenvalue weighted by Gasteiger charge is -2.18. The highest BCUT2D eigenvalue weighted by Crippen LogP contribution is 2.25. The number of ether oxygens (including phenoxy) is 2. The van der Waals surface area contributed by atoms with Gasteiger partial charge in [0, 0.05) is 6.20 Å². The van der Waals surface area contributed by atoms with Crippen molar-refractivity contribution < 1.29 is 19.4 Å². The van der Waals surface area contributed by atoms with Crippen molar-refractivity contribution in [3.63, 3.8) is 0 Å². The van der Waals surface area contributed by atoms with Gasteiger partial charge in [-0.05, 0) is 24.3 Å². The second kappa shape index (κ2) is 10.5. The molecular formula is C20H17Cl2N7O4. The summed E-state index contributed by atoms with van der Waals surface area (Å²) in [5, 5.41) is 20.7. The second-order valence-electron chi connectivity index (χ2n) is 6.56. The fourth-order valence-corrected chi connectivity index (χ4v) is 3.14. The van der Waals surface area contributed by atoms with Crippen LogP contribution in [0.3, 0.4) is 0 Å².